The number of nitrogens with one attached hydrogen (secondary N) is 1. The molecule has 1 aliphatic heterocycles. The SMILES string of the molecule is CC(C)N1CCC(NCc2cnn3ccccc23)CC1. The van der Waals surface area contributed by atoms with Gasteiger partial charge in [0.05, 0.1) is 11.7 Å². The zero-order chi connectivity index (χ0) is 13.9. The highest BCUT2D eigenvalue weighted by Crippen LogP contribution is 2.15. The van der Waals surface area contributed by atoms with Gasteiger partial charge in [0.15, 0.2) is 0 Å². The van der Waals surface area contributed by atoms with E-state index in [1.165, 1.54) is 37.0 Å². The summed E-state index contributed by atoms with van der Waals surface area (Å²) in [7, 11) is 0. The lowest BCUT2D eigenvalue weighted by Gasteiger charge is -2.35. The molecule has 0 aliphatic carbocycles. The van der Waals surface area contributed by atoms with E-state index >= 15 is 0 Å². The molecule has 0 radical (unpaired) electrons. The Bertz CT molecular complexity index is 552. The third kappa shape index (κ3) is 2.86. The second kappa shape index (κ2) is 5.94. The molecule has 1 aliphatic rings. The second-order valence-corrected chi connectivity index (χ2v) is 5.99. The Morgan fingerprint density at radius 3 is 2.85 bits per heavy atom. The predicted octanol–water partition coefficient (Wildman–Crippen LogP) is 2.30. The molecule has 0 spiro atoms. The summed E-state index contributed by atoms with van der Waals surface area (Å²) in [6.45, 7) is 7.91. The van der Waals surface area contributed by atoms with Gasteiger partial charge in [0.2, 0.25) is 0 Å². The summed E-state index contributed by atoms with van der Waals surface area (Å²) in [5, 5.41) is 8.08. The number of hydrogen-bond donors (Lipinski definition) is 1. The molecule has 0 unspecified atom stereocenters. The van der Waals surface area contributed by atoms with Crippen LogP contribution in [0, 0.1) is 0 Å². The van der Waals surface area contributed by atoms with Crippen LogP contribution in [0.2, 0.25) is 0 Å². The first kappa shape index (κ1) is 13.6. The van der Waals surface area contributed by atoms with Crippen molar-refractivity contribution in [2.45, 2.75) is 45.3 Å². The van der Waals surface area contributed by atoms with E-state index in [1.807, 2.05) is 23.0 Å². The minimum Gasteiger partial charge on any atom is -0.310 e. The van der Waals surface area contributed by atoms with E-state index < -0.39 is 0 Å². The summed E-state index contributed by atoms with van der Waals surface area (Å²) < 4.78 is 1.94. The summed E-state index contributed by atoms with van der Waals surface area (Å²) in [6.07, 6.45) is 6.47. The molecule has 20 heavy (non-hydrogen) atoms. The smallest absolute Gasteiger partial charge is 0.0706 e. The van der Waals surface area contributed by atoms with Crippen molar-refractivity contribution < 1.29 is 0 Å². The topological polar surface area (TPSA) is 32.6 Å². The largest absolute Gasteiger partial charge is 0.310 e. The van der Waals surface area contributed by atoms with Gasteiger partial charge in [-0.15, -0.1) is 0 Å². The molecule has 1 saturated heterocycles. The highest BCUT2D eigenvalue weighted by Gasteiger charge is 2.20. The van der Waals surface area contributed by atoms with E-state index in [-0.39, 0.29) is 0 Å². The molecule has 3 rings (SSSR count). The van der Waals surface area contributed by atoms with Crippen LogP contribution in [0.15, 0.2) is 30.6 Å². The molecule has 108 valence electrons. The summed E-state index contributed by atoms with van der Waals surface area (Å²) in [6, 6.07) is 7.53. The number of aromatic nitrogens is 2. The molecule has 1 N–H and O–H groups in total. The van der Waals surface area contributed by atoms with Gasteiger partial charge in [-0.1, -0.05) is 6.07 Å². The average molecular weight is 272 g/mol. The van der Waals surface area contributed by atoms with Crippen LogP contribution >= 0.6 is 0 Å². The molecule has 0 aromatic carbocycles. The lowest BCUT2D eigenvalue weighted by molar-refractivity contribution is 0.161. The quantitative estimate of drug-likeness (QED) is 0.927. The number of piperidine rings is 1. The van der Waals surface area contributed by atoms with E-state index in [1.54, 1.807) is 0 Å². The van der Waals surface area contributed by atoms with Crippen LogP contribution in [0.5, 0.6) is 0 Å². The fourth-order valence-corrected chi connectivity index (χ4v) is 3.00. The Morgan fingerprint density at radius 1 is 1.30 bits per heavy atom. The van der Waals surface area contributed by atoms with Gasteiger partial charge in [-0.25, -0.2) is 4.52 Å². The van der Waals surface area contributed by atoms with Gasteiger partial charge in [0.25, 0.3) is 0 Å². The lowest BCUT2D eigenvalue weighted by Crippen LogP contribution is -2.44. The molecule has 2 aromatic heterocycles. The van der Waals surface area contributed by atoms with E-state index in [4.69, 9.17) is 0 Å². The lowest BCUT2D eigenvalue weighted by atomic mass is 10.0. The number of rotatable bonds is 4. The fourth-order valence-electron chi connectivity index (χ4n) is 3.00. The van der Waals surface area contributed by atoms with E-state index in [0.29, 0.717) is 12.1 Å². The van der Waals surface area contributed by atoms with Crippen LogP contribution in [0.1, 0.15) is 32.3 Å². The predicted molar refractivity (Wildman–Crippen MR) is 81.8 cm³/mol. The van der Waals surface area contributed by atoms with Gasteiger partial charge < -0.3 is 10.2 Å². The number of nitrogens with zero attached hydrogens (tertiary/aromatic N) is 3. The van der Waals surface area contributed by atoms with Crippen LogP contribution in [-0.4, -0.2) is 39.7 Å². The third-order valence-electron chi connectivity index (χ3n) is 4.35. The number of hydrogen-bond acceptors (Lipinski definition) is 3. The number of fused-ring (bicyclic) bond motifs is 1. The summed E-state index contributed by atoms with van der Waals surface area (Å²) >= 11 is 0. The fraction of sp³-hybridized carbons (Fsp3) is 0.562. The van der Waals surface area contributed by atoms with E-state index in [9.17, 15) is 0 Å². The maximum Gasteiger partial charge on any atom is 0.0706 e. The standard InChI is InChI=1S/C16H24N4/c1-13(2)19-9-6-15(7-10-19)17-11-14-12-18-20-8-4-3-5-16(14)20/h3-5,8,12-13,15,17H,6-7,9-11H2,1-2H3. The first-order chi connectivity index (χ1) is 9.74. The molecule has 2 aromatic rings. The Kier molecular flexibility index (Phi) is 4.03. The monoisotopic (exact) mass is 272 g/mol. The zero-order valence-electron chi connectivity index (χ0n) is 12.4. The van der Waals surface area contributed by atoms with E-state index in [0.717, 1.165) is 6.54 Å². The third-order valence-corrected chi connectivity index (χ3v) is 4.35. The van der Waals surface area contributed by atoms with Gasteiger partial charge in [-0.3, -0.25) is 0 Å². The van der Waals surface area contributed by atoms with Crippen molar-refractivity contribution in [2.75, 3.05) is 13.1 Å². The highest BCUT2D eigenvalue weighted by atomic mass is 15.2. The van der Waals surface area contributed by atoms with Crippen LogP contribution in [0.4, 0.5) is 0 Å². The first-order valence-corrected chi connectivity index (χ1v) is 7.62. The van der Waals surface area contributed by atoms with Crippen molar-refractivity contribution in [3.8, 4) is 0 Å². The molecular weight excluding hydrogens is 248 g/mol. The van der Waals surface area contributed by atoms with Crippen molar-refractivity contribution in [2.24, 2.45) is 0 Å². The van der Waals surface area contributed by atoms with Crippen molar-refractivity contribution >= 4 is 5.52 Å². The molecule has 4 nitrogen and oxygen atoms in total. The van der Waals surface area contributed by atoms with Crippen molar-refractivity contribution in [1.82, 2.24) is 19.8 Å². The molecule has 0 atom stereocenters. The number of likely N-dealkylation sites (tertiary alicyclic amines) is 1. The van der Waals surface area contributed by atoms with Crippen molar-refractivity contribution in [3.63, 3.8) is 0 Å². The Morgan fingerprint density at radius 2 is 2.10 bits per heavy atom. The van der Waals surface area contributed by atoms with Crippen molar-refractivity contribution in [1.29, 1.82) is 0 Å². The van der Waals surface area contributed by atoms with Crippen LogP contribution in [0.25, 0.3) is 5.52 Å². The Hall–Kier alpha value is -1.39. The van der Waals surface area contributed by atoms with Gasteiger partial charge in [-0.2, -0.15) is 5.10 Å². The highest BCUT2D eigenvalue weighted by molar-refractivity contribution is 5.53. The van der Waals surface area contributed by atoms with Gasteiger partial charge in [0.1, 0.15) is 0 Å². The molecule has 4 heteroatoms. The number of pyridine rings is 1. The second-order valence-electron chi connectivity index (χ2n) is 5.99. The van der Waals surface area contributed by atoms with Crippen LogP contribution < -0.4 is 5.32 Å². The summed E-state index contributed by atoms with van der Waals surface area (Å²) in [5.74, 6) is 0. The zero-order valence-corrected chi connectivity index (χ0v) is 12.4. The van der Waals surface area contributed by atoms with Gasteiger partial charge in [0, 0.05) is 30.4 Å². The van der Waals surface area contributed by atoms with E-state index in [2.05, 4.69) is 41.3 Å². The maximum absolute atomic E-state index is 4.39. The molecule has 3 heterocycles. The minimum absolute atomic E-state index is 0.642. The molecule has 0 amide bonds. The molecule has 1 fully saturated rings. The van der Waals surface area contributed by atoms with Crippen LogP contribution in [-0.2, 0) is 6.54 Å². The Labute approximate surface area is 120 Å². The van der Waals surface area contributed by atoms with Gasteiger partial charge >= 0.3 is 0 Å². The summed E-state index contributed by atoms with van der Waals surface area (Å²) in [5.41, 5.74) is 2.50. The Balaban J connectivity index is 1.55. The maximum atomic E-state index is 4.39. The molecular formula is C16H24N4. The minimum atomic E-state index is 0.642. The van der Waals surface area contributed by atoms with Crippen LogP contribution in [0.3, 0.4) is 0 Å². The normalized spacial score (nSPS) is 18.1. The summed E-state index contributed by atoms with van der Waals surface area (Å²) in [4.78, 5) is 2.56. The van der Waals surface area contributed by atoms with Crippen molar-refractivity contribution in [3.05, 3.63) is 36.2 Å². The van der Waals surface area contributed by atoms with Gasteiger partial charge in [-0.05, 0) is 51.9 Å². The average Bonchev–Trinajstić information content (AvgIpc) is 2.89. The molecule has 0 saturated carbocycles. The first-order valence-electron chi connectivity index (χ1n) is 7.62. The molecule has 0 bridgehead atoms.